The Balaban J connectivity index is 1.61. The number of aryl methyl sites for hydroxylation is 1. The van der Waals surface area contributed by atoms with Crippen molar-refractivity contribution in [1.82, 2.24) is 9.88 Å². The fourth-order valence-corrected chi connectivity index (χ4v) is 4.46. The molecule has 2 heterocycles. The van der Waals surface area contributed by atoms with Gasteiger partial charge in [-0.25, -0.2) is 0 Å². The Kier molecular flexibility index (Phi) is 5.87. The summed E-state index contributed by atoms with van der Waals surface area (Å²) in [5.41, 5.74) is 2.10. The van der Waals surface area contributed by atoms with Crippen molar-refractivity contribution in [3.05, 3.63) is 63.6 Å². The number of thioether (sulfide) groups is 1. The molecule has 0 bridgehead atoms. The number of hydrogen-bond donors (Lipinski definition) is 1. The number of rotatable bonds is 4. The molecule has 1 fully saturated rings. The Labute approximate surface area is 159 Å². The molecule has 3 rings (SSSR count). The van der Waals surface area contributed by atoms with Crippen LogP contribution in [0.5, 0.6) is 0 Å². The average Bonchev–Trinajstić information content (AvgIpc) is 2.61. The highest BCUT2D eigenvalue weighted by molar-refractivity contribution is 8.00. The molecule has 0 atom stereocenters. The highest BCUT2D eigenvalue weighted by Crippen LogP contribution is 2.31. The molecule has 1 aliphatic rings. The second kappa shape index (κ2) is 8.12. The van der Waals surface area contributed by atoms with Crippen molar-refractivity contribution in [2.24, 2.45) is 0 Å². The Bertz CT molecular complexity index is 836. The molecule has 138 valence electrons. The zero-order valence-corrected chi connectivity index (χ0v) is 16.4. The molecule has 0 saturated carbocycles. The molecule has 2 aromatic rings. The van der Waals surface area contributed by atoms with Crippen LogP contribution in [0.3, 0.4) is 0 Å². The summed E-state index contributed by atoms with van der Waals surface area (Å²) in [5.74, 6) is 0.0850. The summed E-state index contributed by atoms with van der Waals surface area (Å²) < 4.78 is 0. The molecule has 0 unspecified atom stereocenters. The van der Waals surface area contributed by atoms with E-state index >= 15 is 0 Å². The predicted octanol–water partition coefficient (Wildman–Crippen LogP) is 4.20. The van der Waals surface area contributed by atoms with Gasteiger partial charge in [0.25, 0.3) is 11.5 Å². The van der Waals surface area contributed by atoms with Crippen LogP contribution in [0.1, 0.15) is 54.2 Å². The standard InChI is InChI=1S/C21H26N2O2S/c1-14(2)19-8-7-18(20(24)22-19)21(25)23-11-9-16(10-12-23)26-17-6-4-5-15(3)13-17/h4-8,13-14,16H,9-12H2,1-3H3,(H,22,24). The number of pyridine rings is 1. The van der Waals surface area contributed by atoms with Crippen molar-refractivity contribution in [2.75, 3.05) is 13.1 Å². The second-order valence-corrected chi connectivity index (χ2v) is 8.61. The molecule has 0 radical (unpaired) electrons. The molecule has 5 heteroatoms. The minimum Gasteiger partial charge on any atom is -0.338 e. The lowest BCUT2D eigenvalue weighted by molar-refractivity contribution is 0.0725. The van der Waals surface area contributed by atoms with Crippen LogP contribution in [-0.2, 0) is 0 Å². The quantitative estimate of drug-likeness (QED) is 0.877. The number of amides is 1. The van der Waals surface area contributed by atoms with E-state index < -0.39 is 0 Å². The number of aromatic amines is 1. The van der Waals surface area contributed by atoms with Crippen molar-refractivity contribution in [1.29, 1.82) is 0 Å². The van der Waals surface area contributed by atoms with E-state index in [1.54, 1.807) is 6.07 Å². The molecule has 26 heavy (non-hydrogen) atoms. The van der Waals surface area contributed by atoms with Crippen LogP contribution in [0.2, 0.25) is 0 Å². The van der Waals surface area contributed by atoms with Gasteiger partial charge >= 0.3 is 0 Å². The number of nitrogens with one attached hydrogen (secondary N) is 1. The SMILES string of the molecule is Cc1cccc(SC2CCN(C(=O)c3ccc(C(C)C)[nH]c3=O)CC2)c1. The van der Waals surface area contributed by atoms with Crippen LogP contribution in [0.4, 0.5) is 0 Å². The molecule has 0 spiro atoms. The Morgan fingerprint density at radius 1 is 1.19 bits per heavy atom. The van der Waals surface area contributed by atoms with Gasteiger partial charge in [-0.05, 0) is 49.9 Å². The van der Waals surface area contributed by atoms with Crippen molar-refractivity contribution in [2.45, 2.75) is 49.7 Å². The maximum absolute atomic E-state index is 12.7. The highest BCUT2D eigenvalue weighted by Gasteiger charge is 2.25. The topological polar surface area (TPSA) is 53.2 Å². The Hall–Kier alpha value is -2.01. The largest absolute Gasteiger partial charge is 0.338 e. The van der Waals surface area contributed by atoms with E-state index in [-0.39, 0.29) is 22.9 Å². The van der Waals surface area contributed by atoms with Crippen molar-refractivity contribution in [3.8, 4) is 0 Å². The van der Waals surface area contributed by atoms with Crippen molar-refractivity contribution >= 4 is 17.7 Å². The fraction of sp³-hybridized carbons (Fsp3) is 0.429. The first-order chi connectivity index (χ1) is 12.4. The number of nitrogens with zero attached hydrogens (tertiary/aromatic N) is 1. The first kappa shape index (κ1) is 18.8. The molecule has 1 aromatic carbocycles. The molecule has 1 aliphatic heterocycles. The van der Waals surface area contributed by atoms with E-state index in [0.717, 1.165) is 18.5 Å². The number of hydrogen-bond acceptors (Lipinski definition) is 3. The first-order valence-electron chi connectivity index (χ1n) is 9.20. The van der Waals surface area contributed by atoms with Crippen LogP contribution in [0.15, 0.2) is 46.1 Å². The number of likely N-dealkylation sites (tertiary alicyclic amines) is 1. The monoisotopic (exact) mass is 370 g/mol. The van der Waals surface area contributed by atoms with Gasteiger partial charge in [0.05, 0.1) is 0 Å². The maximum Gasteiger partial charge on any atom is 0.261 e. The molecule has 1 N–H and O–H groups in total. The van der Waals surface area contributed by atoms with Gasteiger partial charge in [-0.3, -0.25) is 9.59 Å². The van der Waals surface area contributed by atoms with E-state index in [1.807, 2.05) is 36.6 Å². The molecule has 4 nitrogen and oxygen atoms in total. The van der Waals surface area contributed by atoms with Gasteiger partial charge in [-0.1, -0.05) is 31.5 Å². The van der Waals surface area contributed by atoms with Crippen LogP contribution in [-0.4, -0.2) is 34.1 Å². The summed E-state index contributed by atoms with van der Waals surface area (Å²) in [6.07, 6.45) is 1.90. The minimum atomic E-state index is -0.280. The van der Waals surface area contributed by atoms with Gasteiger partial charge in [-0.2, -0.15) is 0 Å². The van der Waals surface area contributed by atoms with E-state index in [9.17, 15) is 9.59 Å². The molecule has 1 amide bonds. The van der Waals surface area contributed by atoms with E-state index in [4.69, 9.17) is 0 Å². The van der Waals surface area contributed by atoms with Crippen LogP contribution in [0.25, 0.3) is 0 Å². The number of benzene rings is 1. The lowest BCUT2D eigenvalue weighted by Gasteiger charge is -2.31. The molecular weight excluding hydrogens is 344 g/mol. The van der Waals surface area contributed by atoms with Crippen molar-refractivity contribution < 1.29 is 4.79 Å². The average molecular weight is 371 g/mol. The van der Waals surface area contributed by atoms with Crippen LogP contribution >= 0.6 is 11.8 Å². The lowest BCUT2D eigenvalue weighted by atomic mass is 10.1. The summed E-state index contributed by atoms with van der Waals surface area (Å²) in [4.78, 5) is 30.9. The maximum atomic E-state index is 12.7. The summed E-state index contributed by atoms with van der Waals surface area (Å²) in [5, 5.41) is 0.516. The number of aromatic nitrogens is 1. The van der Waals surface area contributed by atoms with Gasteiger partial charge in [0.2, 0.25) is 0 Å². The Morgan fingerprint density at radius 2 is 1.92 bits per heavy atom. The minimum absolute atomic E-state index is 0.152. The number of carbonyl (C=O) groups is 1. The summed E-state index contributed by atoms with van der Waals surface area (Å²) in [6.45, 7) is 7.54. The molecular formula is C21H26N2O2S. The number of H-pyrrole nitrogens is 1. The van der Waals surface area contributed by atoms with E-state index in [1.165, 1.54) is 10.5 Å². The number of piperidine rings is 1. The van der Waals surface area contributed by atoms with Gasteiger partial charge in [-0.15, -0.1) is 11.8 Å². The van der Waals surface area contributed by atoms with Gasteiger partial charge < -0.3 is 9.88 Å². The van der Waals surface area contributed by atoms with Gasteiger partial charge in [0.15, 0.2) is 0 Å². The fourth-order valence-electron chi connectivity index (χ4n) is 3.22. The number of carbonyl (C=O) groups excluding carboxylic acids is 1. The van der Waals surface area contributed by atoms with Crippen molar-refractivity contribution in [3.63, 3.8) is 0 Å². The zero-order chi connectivity index (χ0) is 18.7. The molecule has 1 saturated heterocycles. The molecule has 0 aliphatic carbocycles. The van der Waals surface area contributed by atoms with Crippen LogP contribution < -0.4 is 5.56 Å². The third-order valence-corrected chi connectivity index (χ3v) is 6.14. The summed E-state index contributed by atoms with van der Waals surface area (Å²) >= 11 is 1.89. The lowest BCUT2D eigenvalue weighted by Crippen LogP contribution is -2.41. The van der Waals surface area contributed by atoms with Gasteiger partial charge in [0.1, 0.15) is 5.56 Å². The van der Waals surface area contributed by atoms with Crippen LogP contribution in [0, 0.1) is 6.92 Å². The van der Waals surface area contributed by atoms with Gasteiger partial charge in [0, 0.05) is 28.9 Å². The highest BCUT2D eigenvalue weighted by atomic mass is 32.2. The third-order valence-electron chi connectivity index (χ3n) is 4.81. The smallest absolute Gasteiger partial charge is 0.261 e. The Morgan fingerprint density at radius 3 is 2.54 bits per heavy atom. The zero-order valence-electron chi connectivity index (χ0n) is 15.6. The van der Waals surface area contributed by atoms with E-state index in [2.05, 4.69) is 36.2 Å². The predicted molar refractivity (Wildman–Crippen MR) is 107 cm³/mol. The summed E-state index contributed by atoms with van der Waals surface area (Å²) in [7, 11) is 0. The second-order valence-electron chi connectivity index (χ2n) is 7.24. The first-order valence-corrected chi connectivity index (χ1v) is 10.1. The third kappa shape index (κ3) is 4.39. The summed E-state index contributed by atoms with van der Waals surface area (Å²) in [6, 6.07) is 12.1. The normalized spacial score (nSPS) is 15.5. The molecule has 1 aromatic heterocycles. The van der Waals surface area contributed by atoms with E-state index in [0.29, 0.717) is 18.3 Å².